The summed E-state index contributed by atoms with van der Waals surface area (Å²) in [6.45, 7) is 9.44. The minimum atomic E-state index is -3.81. The number of imidazole rings is 1. The highest BCUT2D eigenvalue weighted by Gasteiger charge is 2.67. The highest BCUT2D eigenvalue weighted by Crippen LogP contribution is 2.49. The van der Waals surface area contributed by atoms with E-state index in [1.165, 1.54) is 17.8 Å². The number of nitrogens with zero attached hydrogens (tertiary/aromatic N) is 4. The van der Waals surface area contributed by atoms with Gasteiger partial charge in [-0.3, -0.25) is 0 Å². The van der Waals surface area contributed by atoms with Gasteiger partial charge in [-0.1, -0.05) is 40.0 Å². The lowest BCUT2D eigenvalue weighted by atomic mass is 9.87. The molecule has 38 heavy (non-hydrogen) atoms. The normalized spacial score (nSPS) is 25.9. The molecule has 0 radical (unpaired) electrons. The molecule has 1 aliphatic rings. The number of hydrogen-bond donors (Lipinski definition) is 1. The van der Waals surface area contributed by atoms with Gasteiger partial charge in [-0.05, 0) is 26.2 Å². The van der Waals surface area contributed by atoms with Crippen LogP contribution in [-0.4, -0.2) is 90.7 Å². The molecule has 0 aromatic carbocycles. The topological polar surface area (TPSA) is 144 Å². The molecule has 3 rings (SSSR count). The Morgan fingerprint density at radius 3 is 2.39 bits per heavy atom. The number of methoxy groups -OCH3 is 1. The van der Waals surface area contributed by atoms with Crippen molar-refractivity contribution in [2.24, 2.45) is 0 Å². The largest absolute Gasteiger partial charge is 0.478 e. The number of rotatable bonds is 16. The van der Waals surface area contributed by atoms with Crippen LogP contribution in [0.1, 0.15) is 71.9 Å². The average molecular weight is 559 g/mol. The van der Waals surface area contributed by atoms with Crippen molar-refractivity contribution in [3.8, 4) is 5.88 Å². The van der Waals surface area contributed by atoms with E-state index in [0.29, 0.717) is 19.8 Å². The number of fused-ring (bicyclic) bond motifs is 1. The molecule has 13 heteroatoms. The van der Waals surface area contributed by atoms with Crippen molar-refractivity contribution in [1.82, 2.24) is 19.6 Å². The summed E-state index contributed by atoms with van der Waals surface area (Å²) in [6, 6.07) is 0. The number of ether oxygens (including phenoxy) is 5. The first-order chi connectivity index (χ1) is 18.1. The molecule has 4 atom stereocenters. The fourth-order valence-corrected chi connectivity index (χ4v) is 4.90. The molecule has 2 aromatic rings. The quantitative estimate of drug-likeness (QED) is 0.304. The summed E-state index contributed by atoms with van der Waals surface area (Å²) < 4.78 is 56.1. The second-order valence-corrected chi connectivity index (χ2v) is 11.6. The molecule has 0 aliphatic carbocycles. The summed E-state index contributed by atoms with van der Waals surface area (Å²) in [6.07, 6.45) is 6.25. The van der Waals surface area contributed by atoms with E-state index in [0.717, 1.165) is 44.8 Å². The van der Waals surface area contributed by atoms with Crippen LogP contribution in [0.3, 0.4) is 0 Å². The third-order valence-corrected chi connectivity index (χ3v) is 7.52. The van der Waals surface area contributed by atoms with Gasteiger partial charge < -0.3 is 28.8 Å². The number of aliphatic hydroxyl groups is 1. The lowest BCUT2D eigenvalue weighted by Crippen LogP contribution is -2.56. The standard InChI is InChI=1S/C25H42N4O8S/c1-7-10-13-34-17-18-20(35-14-11-8-2)24(4,36-15-12-9-3)25(30,37-18)19-16-26-21-22(33-5)27-23(28-29(19)21)38(6,31)32/h16,18,20,30H,7-15,17H2,1-6H3/t18-,20-,24-,25+/m1/s1. The van der Waals surface area contributed by atoms with Gasteiger partial charge in [0.1, 0.15) is 17.9 Å². The summed E-state index contributed by atoms with van der Waals surface area (Å²) in [5.74, 6) is -2.18. The maximum atomic E-state index is 12.3. The van der Waals surface area contributed by atoms with Gasteiger partial charge in [-0.15, -0.1) is 5.10 Å². The summed E-state index contributed by atoms with van der Waals surface area (Å²) in [4.78, 5) is 8.31. The maximum absolute atomic E-state index is 12.3. The number of hydrogen-bond acceptors (Lipinski definition) is 11. The first-order valence-electron chi connectivity index (χ1n) is 13.3. The molecule has 0 amide bonds. The molecule has 0 spiro atoms. The van der Waals surface area contributed by atoms with Gasteiger partial charge in [0.25, 0.3) is 11.0 Å². The fraction of sp³-hybridized carbons (Fsp3) is 0.800. The minimum absolute atomic E-state index is 0.0583. The first-order valence-corrected chi connectivity index (χ1v) is 15.2. The van der Waals surface area contributed by atoms with E-state index >= 15 is 0 Å². The molecular weight excluding hydrogens is 516 g/mol. The van der Waals surface area contributed by atoms with E-state index in [2.05, 4.69) is 28.9 Å². The number of aromatic nitrogens is 4. The zero-order valence-electron chi connectivity index (χ0n) is 23.3. The second kappa shape index (κ2) is 13.0. The Balaban J connectivity index is 2.15. The Kier molecular flexibility index (Phi) is 10.5. The minimum Gasteiger partial charge on any atom is -0.478 e. The third kappa shape index (κ3) is 6.13. The molecule has 3 heterocycles. The molecule has 2 aromatic heterocycles. The summed E-state index contributed by atoms with van der Waals surface area (Å²) in [7, 11) is -2.46. The van der Waals surface area contributed by atoms with Gasteiger partial charge in [0, 0.05) is 26.1 Å². The zero-order chi connectivity index (χ0) is 28.0. The zero-order valence-corrected chi connectivity index (χ0v) is 24.1. The van der Waals surface area contributed by atoms with Crippen molar-refractivity contribution in [3.63, 3.8) is 0 Å². The predicted molar refractivity (Wildman–Crippen MR) is 139 cm³/mol. The smallest absolute Gasteiger partial charge is 0.268 e. The summed E-state index contributed by atoms with van der Waals surface area (Å²) >= 11 is 0. The summed E-state index contributed by atoms with van der Waals surface area (Å²) in [5.41, 5.74) is -1.22. The Morgan fingerprint density at radius 1 is 1.11 bits per heavy atom. The second-order valence-electron chi connectivity index (χ2n) is 9.74. The van der Waals surface area contributed by atoms with Gasteiger partial charge in [-0.2, -0.15) is 4.98 Å². The molecule has 0 saturated carbocycles. The molecule has 1 fully saturated rings. The molecule has 1 N–H and O–H groups in total. The van der Waals surface area contributed by atoms with Gasteiger partial charge >= 0.3 is 0 Å². The van der Waals surface area contributed by atoms with E-state index in [9.17, 15) is 13.5 Å². The van der Waals surface area contributed by atoms with Crippen LogP contribution in [0.2, 0.25) is 0 Å². The van der Waals surface area contributed by atoms with Crippen LogP contribution in [0.4, 0.5) is 0 Å². The molecule has 12 nitrogen and oxygen atoms in total. The number of sulfone groups is 1. The van der Waals surface area contributed by atoms with Crippen molar-refractivity contribution in [2.75, 3.05) is 39.8 Å². The van der Waals surface area contributed by atoms with Crippen molar-refractivity contribution in [2.45, 2.75) is 95.0 Å². The molecule has 0 unspecified atom stereocenters. The van der Waals surface area contributed by atoms with Crippen LogP contribution >= 0.6 is 0 Å². The highest BCUT2D eigenvalue weighted by atomic mass is 32.2. The molecule has 0 bridgehead atoms. The van der Waals surface area contributed by atoms with Crippen LogP contribution in [0, 0.1) is 0 Å². The monoisotopic (exact) mass is 558 g/mol. The fourth-order valence-electron chi connectivity index (χ4n) is 4.42. The van der Waals surface area contributed by atoms with Crippen LogP contribution < -0.4 is 4.74 Å². The van der Waals surface area contributed by atoms with Crippen molar-refractivity contribution >= 4 is 15.5 Å². The van der Waals surface area contributed by atoms with E-state index in [-0.39, 0.29) is 23.8 Å². The van der Waals surface area contributed by atoms with Crippen molar-refractivity contribution in [1.29, 1.82) is 0 Å². The van der Waals surface area contributed by atoms with Gasteiger partial charge in [-0.25, -0.2) is 17.9 Å². The lowest BCUT2D eigenvalue weighted by Gasteiger charge is -2.39. The van der Waals surface area contributed by atoms with E-state index < -0.39 is 38.6 Å². The van der Waals surface area contributed by atoms with Gasteiger partial charge in [0.05, 0.1) is 19.9 Å². The average Bonchev–Trinajstić information content (AvgIpc) is 3.40. The molecule has 1 aliphatic heterocycles. The van der Waals surface area contributed by atoms with Crippen LogP contribution in [0.25, 0.3) is 5.65 Å². The van der Waals surface area contributed by atoms with Gasteiger partial charge in [0.2, 0.25) is 21.3 Å². The van der Waals surface area contributed by atoms with E-state index in [4.69, 9.17) is 23.7 Å². The Bertz CT molecular complexity index is 1160. The maximum Gasteiger partial charge on any atom is 0.268 e. The molecular formula is C25H42N4O8S. The predicted octanol–water partition coefficient (Wildman–Crippen LogP) is 2.66. The van der Waals surface area contributed by atoms with E-state index in [1.807, 2.05) is 6.92 Å². The number of unbranched alkanes of at least 4 members (excludes halogenated alkanes) is 3. The van der Waals surface area contributed by atoms with Crippen LogP contribution in [0.5, 0.6) is 5.88 Å². The Hall–Kier alpha value is -1.90. The van der Waals surface area contributed by atoms with Crippen molar-refractivity contribution < 1.29 is 37.2 Å². The SMILES string of the molecule is CCCCOC[C@H]1O[C@@](O)(c2cnc3c(OC)nc(S(C)(=O)=O)nn23)[C@](C)(OCCCC)[C@@H]1OCCCC. The Morgan fingerprint density at radius 2 is 1.76 bits per heavy atom. The lowest BCUT2D eigenvalue weighted by molar-refractivity contribution is -0.291. The third-order valence-electron chi connectivity index (χ3n) is 6.68. The van der Waals surface area contributed by atoms with E-state index in [1.54, 1.807) is 6.92 Å². The first kappa shape index (κ1) is 30.6. The van der Waals surface area contributed by atoms with Crippen molar-refractivity contribution in [3.05, 3.63) is 11.9 Å². The van der Waals surface area contributed by atoms with Crippen LogP contribution in [0.15, 0.2) is 11.4 Å². The molecule has 216 valence electrons. The van der Waals surface area contributed by atoms with Crippen LogP contribution in [-0.2, 0) is 34.6 Å². The summed E-state index contributed by atoms with van der Waals surface area (Å²) in [5, 5.41) is 16.0. The Labute approximate surface area is 224 Å². The molecule has 1 saturated heterocycles. The van der Waals surface area contributed by atoms with Gasteiger partial charge in [0.15, 0.2) is 5.60 Å². The highest BCUT2D eigenvalue weighted by molar-refractivity contribution is 7.90.